The molecule has 7 nitrogen and oxygen atoms in total. The number of benzene rings is 1. The van der Waals surface area contributed by atoms with Crippen LogP contribution in [0.2, 0.25) is 0 Å². The van der Waals surface area contributed by atoms with Gasteiger partial charge in [-0.05, 0) is 30.7 Å². The maximum Gasteiger partial charge on any atom is 0.255 e. The van der Waals surface area contributed by atoms with Gasteiger partial charge >= 0.3 is 0 Å². The van der Waals surface area contributed by atoms with Crippen LogP contribution in [-0.4, -0.2) is 45.2 Å². The van der Waals surface area contributed by atoms with Gasteiger partial charge in [-0.2, -0.15) is 0 Å². The van der Waals surface area contributed by atoms with Gasteiger partial charge in [0.2, 0.25) is 0 Å². The number of halogens is 1. The molecule has 1 aliphatic heterocycles. The average molecular weight is 412 g/mol. The number of carbonyl (C=O) groups excluding carboxylic acids is 1. The normalized spacial score (nSPS) is 21.1. The number of hydrogen-bond acceptors (Lipinski definition) is 6. The van der Waals surface area contributed by atoms with Gasteiger partial charge < -0.3 is 15.7 Å². The summed E-state index contributed by atoms with van der Waals surface area (Å²) in [6.45, 7) is 1.10. The molecule has 0 unspecified atom stereocenters. The van der Waals surface area contributed by atoms with E-state index in [9.17, 15) is 9.90 Å². The molecule has 4 rings (SSSR count). The summed E-state index contributed by atoms with van der Waals surface area (Å²) in [7, 11) is 0. The lowest BCUT2D eigenvalue weighted by molar-refractivity contribution is 0.0289. The fourth-order valence-electron chi connectivity index (χ4n) is 3.50. The van der Waals surface area contributed by atoms with E-state index < -0.39 is 11.6 Å². The van der Waals surface area contributed by atoms with Gasteiger partial charge in [0.05, 0.1) is 17.2 Å². The van der Waals surface area contributed by atoms with Crippen LogP contribution in [0.25, 0.3) is 11.5 Å². The average Bonchev–Trinajstić information content (AvgIpc) is 2.77. The first-order chi connectivity index (χ1) is 13.7. The maximum absolute atomic E-state index is 12.9. The molecule has 2 atom stereocenters. The Morgan fingerprint density at radius 3 is 2.45 bits per heavy atom. The van der Waals surface area contributed by atoms with Crippen molar-refractivity contribution < 1.29 is 9.90 Å². The lowest BCUT2D eigenvalue weighted by atomic mass is 9.79. The van der Waals surface area contributed by atoms with Crippen molar-refractivity contribution in [2.75, 3.05) is 13.1 Å². The van der Waals surface area contributed by atoms with Gasteiger partial charge in [0.15, 0.2) is 5.82 Å². The van der Waals surface area contributed by atoms with Crippen LogP contribution < -0.4 is 10.6 Å². The van der Waals surface area contributed by atoms with Crippen molar-refractivity contribution >= 4 is 18.3 Å². The SMILES string of the molecule is Cl.O=C(N[C@]1(c2ccccc2)CCNC[C@H]1O)c1cnc(-c2ccccn2)nc1. The highest BCUT2D eigenvalue weighted by molar-refractivity contribution is 5.94. The molecule has 29 heavy (non-hydrogen) atoms. The van der Waals surface area contributed by atoms with E-state index in [0.29, 0.717) is 36.6 Å². The highest BCUT2D eigenvalue weighted by Gasteiger charge is 2.43. The number of aliphatic hydroxyl groups excluding tert-OH is 1. The number of piperidine rings is 1. The first-order valence-electron chi connectivity index (χ1n) is 9.19. The summed E-state index contributed by atoms with van der Waals surface area (Å²) < 4.78 is 0. The Morgan fingerprint density at radius 2 is 1.79 bits per heavy atom. The van der Waals surface area contributed by atoms with Crippen LogP contribution in [0.4, 0.5) is 0 Å². The van der Waals surface area contributed by atoms with Crippen molar-refractivity contribution in [2.24, 2.45) is 0 Å². The van der Waals surface area contributed by atoms with Gasteiger partial charge in [0.25, 0.3) is 5.91 Å². The minimum atomic E-state index is -0.858. The highest BCUT2D eigenvalue weighted by Crippen LogP contribution is 2.31. The van der Waals surface area contributed by atoms with Gasteiger partial charge in [-0.1, -0.05) is 36.4 Å². The molecule has 3 N–H and O–H groups in total. The molecular weight excluding hydrogens is 390 g/mol. The van der Waals surface area contributed by atoms with E-state index in [1.165, 1.54) is 12.4 Å². The van der Waals surface area contributed by atoms with Crippen molar-refractivity contribution in [3.8, 4) is 11.5 Å². The Morgan fingerprint density at radius 1 is 1.07 bits per heavy atom. The number of hydrogen-bond donors (Lipinski definition) is 3. The van der Waals surface area contributed by atoms with Crippen LogP contribution in [0, 0.1) is 0 Å². The number of aliphatic hydroxyl groups is 1. The second-order valence-corrected chi connectivity index (χ2v) is 6.77. The summed E-state index contributed by atoms with van der Waals surface area (Å²) >= 11 is 0. The van der Waals surface area contributed by atoms with Crippen molar-refractivity contribution in [2.45, 2.75) is 18.1 Å². The fourth-order valence-corrected chi connectivity index (χ4v) is 3.50. The van der Waals surface area contributed by atoms with E-state index in [2.05, 4.69) is 25.6 Å². The summed E-state index contributed by atoms with van der Waals surface area (Å²) in [5, 5.41) is 17.0. The van der Waals surface area contributed by atoms with Gasteiger partial charge in [-0.15, -0.1) is 12.4 Å². The molecule has 8 heteroatoms. The van der Waals surface area contributed by atoms with Crippen molar-refractivity contribution in [3.05, 3.63) is 78.2 Å². The quantitative estimate of drug-likeness (QED) is 0.606. The number of pyridine rings is 1. The molecule has 1 fully saturated rings. The smallest absolute Gasteiger partial charge is 0.255 e. The van der Waals surface area contributed by atoms with E-state index in [4.69, 9.17) is 0 Å². The van der Waals surface area contributed by atoms with Crippen LogP contribution >= 0.6 is 12.4 Å². The van der Waals surface area contributed by atoms with Crippen LogP contribution in [-0.2, 0) is 5.54 Å². The predicted molar refractivity (Wildman–Crippen MR) is 112 cm³/mol. The third kappa shape index (κ3) is 4.27. The molecule has 1 aromatic carbocycles. The molecule has 0 saturated carbocycles. The number of nitrogens with zero attached hydrogens (tertiary/aromatic N) is 3. The van der Waals surface area contributed by atoms with E-state index in [-0.39, 0.29) is 18.3 Å². The van der Waals surface area contributed by atoms with Gasteiger partial charge in [-0.3, -0.25) is 9.78 Å². The zero-order valence-electron chi connectivity index (χ0n) is 15.7. The first-order valence-corrected chi connectivity index (χ1v) is 9.19. The Hall–Kier alpha value is -2.87. The maximum atomic E-state index is 12.9. The summed E-state index contributed by atoms with van der Waals surface area (Å²) in [6.07, 6.45) is 4.47. The Bertz CT molecular complexity index is 940. The molecule has 0 bridgehead atoms. The number of rotatable bonds is 4. The van der Waals surface area contributed by atoms with Crippen LogP contribution in [0.15, 0.2) is 67.1 Å². The standard InChI is InChI=1S/C21H21N5O2.ClH/c27-18-14-22-11-9-21(18,16-6-2-1-3-7-16)26-20(28)15-12-24-19(25-13-15)17-8-4-5-10-23-17;/h1-8,10,12-13,18,22,27H,9,11,14H2,(H,26,28);1H/t18-,21+;/m1./s1. The van der Waals surface area contributed by atoms with Crippen LogP contribution in [0.5, 0.6) is 0 Å². The largest absolute Gasteiger partial charge is 0.389 e. The van der Waals surface area contributed by atoms with Crippen molar-refractivity contribution in [1.82, 2.24) is 25.6 Å². The molecule has 1 saturated heterocycles. The van der Waals surface area contributed by atoms with E-state index in [1.807, 2.05) is 48.5 Å². The van der Waals surface area contributed by atoms with Gasteiger partial charge in [0, 0.05) is 25.1 Å². The number of carbonyl (C=O) groups is 1. The second kappa shape index (κ2) is 9.09. The molecule has 0 aliphatic carbocycles. The second-order valence-electron chi connectivity index (χ2n) is 6.77. The molecule has 2 aromatic heterocycles. The highest BCUT2D eigenvalue weighted by atomic mass is 35.5. The molecule has 150 valence electrons. The Labute approximate surface area is 175 Å². The Kier molecular flexibility index (Phi) is 6.53. The Balaban J connectivity index is 0.00000240. The summed E-state index contributed by atoms with van der Waals surface area (Å²) in [5.74, 6) is 0.134. The number of aromatic nitrogens is 3. The molecule has 3 aromatic rings. The summed E-state index contributed by atoms with van der Waals surface area (Å²) in [6, 6.07) is 15.1. The fraction of sp³-hybridized carbons (Fsp3) is 0.238. The molecule has 1 aliphatic rings. The minimum absolute atomic E-state index is 0. The van der Waals surface area contributed by atoms with E-state index in [0.717, 1.165) is 5.56 Å². The molecule has 0 spiro atoms. The summed E-state index contributed by atoms with van der Waals surface area (Å²) in [5.41, 5.74) is 0.997. The zero-order chi connectivity index (χ0) is 19.4. The van der Waals surface area contributed by atoms with E-state index in [1.54, 1.807) is 6.20 Å². The van der Waals surface area contributed by atoms with Gasteiger partial charge in [0.1, 0.15) is 5.69 Å². The van der Waals surface area contributed by atoms with Crippen molar-refractivity contribution in [1.29, 1.82) is 0 Å². The predicted octanol–water partition coefficient (Wildman–Crippen LogP) is 1.94. The number of β-amino-alcohol motifs (C(OH)–C–C–N with tert-alkyl or cyclic N) is 1. The first kappa shape index (κ1) is 20.9. The lowest BCUT2D eigenvalue weighted by Crippen LogP contribution is -2.61. The summed E-state index contributed by atoms with van der Waals surface area (Å²) in [4.78, 5) is 25.7. The van der Waals surface area contributed by atoms with Crippen molar-refractivity contribution in [3.63, 3.8) is 0 Å². The number of amides is 1. The third-order valence-electron chi connectivity index (χ3n) is 5.04. The molecule has 1 amide bonds. The van der Waals surface area contributed by atoms with Crippen LogP contribution in [0.1, 0.15) is 22.3 Å². The third-order valence-corrected chi connectivity index (χ3v) is 5.04. The molecular formula is C21H22ClN5O2. The molecule has 0 radical (unpaired) electrons. The molecule has 3 heterocycles. The van der Waals surface area contributed by atoms with Crippen LogP contribution in [0.3, 0.4) is 0 Å². The van der Waals surface area contributed by atoms with Gasteiger partial charge in [-0.25, -0.2) is 9.97 Å². The zero-order valence-corrected chi connectivity index (χ0v) is 16.5. The monoisotopic (exact) mass is 411 g/mol. The lowest BCUT2D eigenvalue weighted by Gasteiger charge is -2.42. The topological polar surface area (TPSA) is 100 Å². The minimum Gasteiger partial charge on any atom is -0.389 e. The number of nitrogens with one attached hydrogen (secondary N) is 2. The van der Waals surface area contributed by atoms with E-state index >= 15 is 0 Å².